The van der Waals surface area contributed by atoms with Crippen molar-refractivity contribution in [2.75, 3.05) is 22.8 Å². The van der Waals surface area contributed by atoms with Gasteiger partial charge in [0, 0.05) is 5.69 Å². The molecule has 0 aliphatic rings. The molecule has 1 amide bonds. The van der Waals surface area contributed by atoms with Crippen LogP contribution in [0.1, 0.15) is 22.8 Å². The van der Waals surface area contributed by atoms with Gasteiger partial charge in [-0.05, 0) is 80.1 Å². The third-order valence-electron chi connectivity index (χ3n) is 4.91. The van der Waals surface area contributed by atoms with Gasteiger partial charge < -0.3 is 10.1 Å². The zero-order chi connectivity index (χ0) is 24.9. The van der Waals surface area contributed by atoms with Gasteiger partial charge >= 0.3 is 5.97 Å². The smallest absolute Gasteiger partial charge is 0.338 e. The SMILES string of the molecule is CCOC(=O)c1cccc(NC(=O)CN(c2ccc(F)cc2)S(=O)(=O)c2ccc(F)cc2)c1C. The normalized spacial score (nSPS) is 11.1. The molecule has 0 spiro atoms. The standard InChI is InChI=1S/C24H22F2N2O5S/c1-3-33-24(30)21-5-4-6-22(16(21)2)27-23(29)15-28(19-11-7-17(25)8-12-19)34(31,32)20-13-9-18(26)10-14-20/h4-14H,3,15H2,1-2H3,(H,27,29). The maximum Gasteiger partial charge on any atom is 0.338 e. The second-order valence-electron chi connectivity index (χ2n) is 7.19. The quantitative estimate of drug-likeness (QED) is 0.478. The molecule has 0 unspecified atom stereocenters. The summed E-state index contributed by atoms with van der Waals surface area (Å²) in [4.78, 5) is 24.8. The summed E-state index contributed by atoms with van der Waals surface area (Å²) in [6.45, 7) is 2.82. The highest BCUT2D eigenvalue weighted by molar-refractivity contribution is 7.92. The molecular formula is C24H22F2N2O5S. The van der Waals surface area contributed by atoms with E-state index in [1.54, 1.807) is 32.0 Å². The Morgan fingerprint density at radius 3 is 2.12 bits per heavy atom. The monoisotopic (exact) mass is 488 g/mol. The molecule has 0 saturated carbocycles. The molecule has 10 heteroatoms. The van der Waals surface area contributed by atoms with Crippen LogP contribution in [0.2, 0.25) is 0 Å². The van der Waals surface area contributed by atoms with Crippen LogP contribution in [-0.4, -0.2) is 33.4 Å². The van der Waals surface area contributed by atoms with Crippen LogP contribution in [-0.2, 0) is 19.6 Å². The Morgan fingerprint density at radius 2 is 1.53 bits per heavy atom. The topological polar surface area (TPSA) is 92.8 Å². The molecule has 0 atom stereocenters. The van der Waals surface area contributed by atoms with E-state index in [4.69, 9.17) is 4.74 Å². The molecule has 1 N–H and O–H groups in total. The largest absolute Gasteiger partial charge is 0.462 e. The highest BCUT2D eigenvalue weighted by Gasteiger charge is 2.28. The van der Waals surface area contributed by atoms with E-state index in [1.807, 2.05) is 0 Å². The lowest BCUT2D eigenvalue weighted by Gasteiger charge is -2.24. The Labute approximate surface area is 196 Å². The number of nitrogens with zero attached hydrogens (tertiary/aromatic N) is 1. The summed E-state index contributed by atoms with van der Waals surface area (Å²) in [6, 6.07) is 13.4. The van der Waals surface area contributed by atoms with Crippen LogP contribution in [0, 0.1) is 18.6 Å². The molecule has 0 aliphatic heterocycles. The number of halogens is 2. The van der Waals surface area contributed by atoms with Gasteiger partial charge in [0.05, 0.1) is 22.8 Å². The fraction of sp³-hybridized carbons (Fsp3) is 0.167. The molecule has 3 aromatic carbocycles. The Hall–Kier alpha value is -3.79. The zero-order valence-corrected chi connectivity index (χ0v) is 19.2. The predicted molar refractivity (Wildman–Crippen MR) is 123 cm³/mol. The second-order valence-corrected chi connectivity index (χ2v) is 9.05. The van der Waals surface area contributed by atoms with Crippen LogP contribution in [0.3, 0.4) is 0 Å². The van der Waals surface area contributed by atoms with Gasteiger partial charge in [-0.2, -0.15) is 0 Å². The van der Waals surface area contributed by atoms with Gasteiger partial charge in [-0.25, -0.2) is 22.0 Å². The number of hydrogen-bond acceptors (Lipinski definition) is 5. The minimum absolute atomic E-state index is 0.0397. The number of anilines is 2. The number of esters is 1. The van der Waals surface area contributed by atoms with Crippen molar-refractivity contribution in [2.24, 2.45) is 0 Å². The van der Waals surface area contributed by atoms with Gasteiger partial charge in [0.25, 0.3) is 10.0 Å². The average molecular weight is 489 g/mol. The minimum atomic E-state index is -4.30. The highest BCUT2D eigenvalue weighted by Crippen LogP contribution is 2.25. The third-order valence-corrected chi connectivity index (χ3v) is 6.69. The fourth-order valence-corrected chi connectivity index (χ4v) is 4.60. The lowest BCUT2D eigenvalue weighted by molar-refractivity contribution is -0.114. The fourth-order valence-electron chi connectivity index (χ4n) is 3.18. The van der Waals surface area contributed by atoms with E-state index in [-0.39, 0.29) is 22.8 Å². The zero-order valence-electron chi connectivity index (χ0n) is 18.4. The molecule has 0 fully saturated rings. The van der Waals surface area contributed by atoms with Crippen molar-refractivity contribution >= 4 is 33.3 Å². The molecule has 0 radical (unpaired) electrons. The Balaban J connectivity index is 1.92. The van der Waals surface area contributed by atoms with E-state index in [0.717, 1.165) is 40.7 Å². The van der Waals surface area contributed by atoms with Gasteiger partial charge in [-0.1, -0.05) is 6.07 Å². The van der Waals surface area contributed by atoms with Crippen LogP contribution in [0.15, 0.2) is 71.6 Å². The molecular weight excluding hydrogens is 466 g/mol. The van der Waals surface area contributed by atoms with Crippen LogP contribution in [0.5, 0.6) is 0 Å². The molecule has 34 heavy (non-hydrogen) atoms. The summed E-state index contributed by atoms with van der Waals surface area (Å²) in [5, 5.41) is 2.60. The first-order chi connectivity index (χ1) is 16.1. The van der Waals surface area contributed by atoms with Crippen LogP contribution in [0.25, 0.3) is 0 Å². The summed E-state index contributed by atoms with van der Waals surface area (Å²) in [5.41, 5.74) is 1.05. The van der Waals surface area contributed by atoms with Gasteiger partial charge in [0.1, 0.15) is 18.2 Å². The summed E-state index contributed by atoms with van der Waals surface area (Å²) in [6.07, 6.45) is 0. The van der Waals surface area contributed by atoms with Gasteiger partial charge in [-0.15, -0.1) is 0 Å². The number of carbonyl (C=O) groups excluding carboxylic acids is 2. The average Bonchev–Trinajstić information content (AvgIpc) is 2.80. The van der Waals surface area contributed by atoms with Crippen molar-refractivity contribution in [1.29, 1.82) is 0 Å². The van der Waals surface area contributed by atoms with E-state index in [2.05, 4.69) is 5.32 Å². The lowest BCUT2D eigenvalue weighted by Crippen LogP contribution is -2.38. The third kappa shape index (κ3) is 5.57. The van der Waals surface area contributed by atoms with Crippen LogP contribution in [0.4, 0.5) is 20.2 Å². The number of rotatable bonds is 8. The molecule has 0 bridgehead atoms. The molecule has 3 rings (SSSR count). The van der Waals surface area contributed by atoms with Gasteiger partial charge in [-0.3, -0.25) is 9.10 Å². The van der Waals surface area contributed by atoms with E-state index in [1.165, 1.54) is 12.1 Å². The van der Waals surface area contributed by atoms with Gasteiger partial charge in [0.2, 0.25) is 5.91 Å². The van der Waals surface area contributed by atoms with Crippen molar-refractivity contribution in [3.8, 4) is 0 Å². The molecule has 7 nitrogen and oxygen atoms in total. The highest BCUT2D eigenvalue weighted by atomic mass is 32.2. The first-order valence-electron chi connectivity index (χ1n) is 10.2. The van der Waals surface area contributed by atoms with E-state index >= 15 is 0 Å². The van der Waals surface area contributed by atoms with Crippen molar-refractivity contribution in [3.63, 3.8) is 0 Å². The molecule has 3 aromatic rings. The van der Waals surface area contributed by atoms with Crippen molar-refractivity contribution in [3.05, 3.63) is 89.5 Å². The van der Waals surface area contributed by atoms with Gasteiger partial charge in [0.15, 0.2) is 0 Å². The summed E-state index contributed by atoms with van der Waals surface area (Å²) in [7, 11) is -4.30. The lowest BCUT2D eigenvalue weighted by atomic mass is 10.1. The van der Waals surface area contributed by atoms with Crippen molar-refractivity contribution < 1.29 is 31.5 Å². The number of benzene rings is 3. The molecule has 0 aromatic heterocycles. The van der Waals surface area contributed by atoms with E-state index in [9.17, 15) is 26.8 Å². The molecule has 0 aliphatic carbocycles. The minimum Gasteiger partial charge on any atom is -0.462 e. The summed E-state index contributed by atoms with van der Waals surface area (Å²) < 4.78 is 59.1. The molecule has 0 heterocycles. The number of nitrogens with one attached hydrogen (secondary N) is 1. The maximum atomic E-state index is 13.4. The number of sulfonamides is 1. The predicted octanol–water partition coefficient (Wildman–Crippen LogP) is 4.28. The second kappa shape index (κ2) is 10.4. The van der Waals surface area contributed by atoms with Crippen molar-refractivity contribution in [2.45, 2.75) is 18.7 Å². The van der Waals surface area contributed by atoms with E-state index in [0.29, 0.717) is 11.3 Å². The maximum absolute atomic E-state index is 13.4. The first kappa shape index (κ1) is 24.8. The summed E-state index contributed by atoms with van der Waals surface area (Å²) >= 11 is 0. The number of amides is 1. The Morgan fingerprint density at radius 1 is 0.941 bits per heavy atom. The van der Waals surface area contributed by atoms with Crippen LogP contribution >= 0.6 is 0 Å². The number of ether oxygens (including phenoxy) is 1. The molecule has 0 saturated heterocycles. The summed E-state index contributed by atoms with van der Waals surface area (Å²) in [5.74, 6) is -2.47. The van der Waals surface area contributed by atoms with Crippen LogP contribution < -0.4 is 9.62 Å². The first-order valence-corrected chi connectivity index (χ1v) is 11.7. The number of hydrogen-bond donors (Lipinski definition) is 1. The Bertz CT molecular complexity index is 1290. The number of carbonyl (C=O) groups is 2. The van der Waals surface area contributed by atoms with Crippen molar-refractivity contribution in [1.82, 2.24) is 0 Å². The Kier molecular flexibility index (Phi) is 7.62. The van der Waals surface area contributed by atoms with E-state index < -0.39 is 40.1 Å². The molecule has 178 valence electrons.